The highest BCUT2D eigenvalue weighted by atomic mass is 35.5. The van der Waals surface area contributed by atoms with Crippen molar-refractivity contribution in [2.75, 3.05) is 50.9 Å². The number of ether oxygens (including phenoxy) is 3. The van der Waals surface area contributed by atoms with Crippen LogP contribution in [0.5, 0.6) is 5.75 Å². The van der Waals surface area contributed by atoms with E-state index in [-0.39, 0.29) is 17.5 Å². The summed E-state index contributed by atoms with van der Waals surface area (Å²) in [6.07, 6.45) is 6.13. The van der Waals surface area contributed by atoms with Gasteiger partial charge in [0, 0.05) is 74.0 Å². The van der Waals surface area contributed by atoms with Crippen LogP contribution in [0, 0.1) is 11.6 Å². The molecule has 1 unspecified atom stereocenters. The molecule has 13 heteroatoms. The number of anilines is 1. The van der Waals surface area contributed by atoms with Gasteiger partial charge in [-0.2, -0.15) is 5.10 Å². The van der Waals surface area contributed by atoms with Crippen molar-refractivity contribution in [1.29, 1.82) is 0 Å². The Bertz CT molecular complexity index is 1700. The molecule has 3 saturated heterocycles. The van der Waals surface area contributed by atoms with E-state index in [2.05, 4.69) is 21.8 Å². The van der Waals surface area contributed by atoms with Crippen LogP contribution in [0.25, 0.3) is 22.2 Å². The van der Waals surface area contributed by atoms with E-state index in [0.29, 0.717) is 76.5 Å². The number of rotatable bonds is 7. The Morgan fingerprint density at radius 3 is 2.44 bits per heavy atom. The summed E-state index contributed by atoms with van der Waals surface area (Å²) < 4.78 is 50.6. The lowest BCUT2D eigenvalue weighted by Gasteiger charge is -2.55. The van der Waals surface area contributed by atoms with Crippen LogP contribution in [0.4, 0.5) is 14.6 Å². The molecule has 3 aliphatic heterocycles. The normalized spacial score (nSPS) is 21.1. The standard InChI is InChI=1S/C32H34Cl2F2N6O3/c1-19(29-22(33)15-37-16-23(29)34)45-27-12-21-26(13-24(27)35)42(28-5-3-4-8-44-28)39-30(21)20-11-25(36)31(38-14-20)40-17-32(2,18-40)41-6-9-43-10-7-41/h11-16,19,28H,3-10,17-18H2,1-2H3/t19-,28?/m1/s1. The van der Waals surface area contributed by atoms with Crippen LogP contribution in [-0.4, -0.2) is 76.2 Å². The van der Waals surface area contributed by atoms with Crippen LogP contribution in [0.1, 0.15) is 51.0 Å². The summed E-state index contributed by atoms with van der Waals surface area (Å²) in [4.78, 5) is 12.9. The van der Waals surface area contributed by atoms with Crippen molar-refractivity contribution in [1.82, 2.24) is 24.6 Å². The quantitative estimate of drug-likeness (QED) is 0.214. The van der Waals surface area contributed by atoms with Crippen LogP contribution < -0.4 is 9.64 Å². The molecule has 4 aromatic rings. The first-order chi connectivity index (χ1) is 21.7. The highest BCUT2D eigenvalue weighted by Crippen LogP contribution is 2.40. The van der Waals surface area contributed by atoms with Gasteiger partial charge in [0.1, 0.15) is 11.8 Å². The van der Waals surface area contributed by atoms with Crippen molar-refractivity contribution >= 4 is 39.9 Å². The van der Waals surface area contributed by atoms with Gasteiger partial charge in [0.25, 0.3) is 0 Å². The fourth-order valence-electron chi connectivity index (χ4n) is 6.66. The maximum Gasteiger partial charge on any atom is 0.167 e. The summed E-state index contributed by atoms with van der Waals surface area (Å²) >= 11 is 12.7. The van der Waals surface area contributed by atoms with Gasteiger partial charge in [0.2, 0.25) is 0 Å². The fourth-order valence-corrected chi connectivity index (χ4v) is 7.33. The lowest BCUT2D eigenvalue weighted by atomic mass is 9.89. The average Bonchev–Trinajstić information content (AvgIpc) is 3.38. The molecule has 0 amide bonds. The Kier molecular flexibility index (Phi) is 8.32. The molecule has 6 heterocycles. The van der Waals surface area contributed by atoms with Gasteiger partial charge in [-0.3, -0.25) is 9.88 Å². The van der Waals surface area contributed by atoms with Crippen molar-refractivity contribution in [3.8, 4) is 17.0 Å². The first-order valence-corrected chi connectivity index (χ1v) is 16.0. The summed E-state index contributed by atoms with van der Waals surface area (Å²) in [5.74, 6) is -0.738. The summed E-state index contributed by atoms with van der Waals surface area (Å²) in [5, 5.41) is 6.05. The van der Waals surface area contributed by atoms with Gasteiger partial charge in [-0.25, -0.2) is 18.4 Å². The third-order valence-corrected chi connectivity index (χ3v) is 9.62. The second-order valence-electron chi connectivity index (χ2n) is 12.2. The zero-order valence-electron chi connectivity index (χ0n) is 25.1. The number of fused-ring (bicyclic) bond motifs is 1. The van der Waals surface area contributed by atoms with E-state index in [1.165, 1.54) is 24.5 Å². The molecule has 0 aliphatic carbocycles. The Morgan fingerprint density at radius 1 is 1.00 bits per heavy atom. The van der Waals surface area contributed by atoms with Crippen molar-refractivity contribution in [3.63, 3.8) is 0 Å². The number of hydrogen-bond acceptors (Lipinski definition) is 8. The molecule has 9 nitrogen and oxygen atoms in total. The molecule has 45 heavy (non-hydrogen) atoms. The molecule has 7 rings (SSSR count). The zero-order chi connectivity index (χ0) is 31.3. The third-order valence-electron chi connectivity index (χ3n) is 9.02. The third kappa shape index (κ3) is 5.74. The Morgan fingerprint density at radius 2 is 1.76 bits per heavy atom. The topological polar surface area (TPSA) is 77.8 Å². The maximum absolute atomic E-state index is 15.7. The number of halogens is 4. The zero-order valence-corrected chi connectivity index (χ0v) is 26.6. The van der Waals surface area contributed by atoms with Gasteiger partial charge in [-0.15, -0.1) is 0 Å². The van der Waals surface area contributed by atoms with Gasteiger partial charge in [-0.1, -0.05) is 23.2 Å². The lowest BCUT2D eigenvalue weighted by molar-refractivity contribution is -0.0365. The predicted octanol–water partition coefficient (Wildman–Crippen LogP) is 6.83. The van der Waals surface area contributed by atoms with Gasteiger partial charge in [-0.05, 0) is 45.2 Å². The first-order valence-electron chi connectivity index (χ1n) is 15.2. The van der Waals surface area contributed by atoms with Crippen molar-refractivity contribution in [2.24, 2.45) is 0 Å². The van der Waals surface area contributed by atoms with Gasteiger partial charge < -0.3 is 19.1 Å². The van der Waals surface area contributed by atoms with E-state index < -0.39 is 17.7 Å². The van der Waals surface area contributed by atoms with Crippen molar-refractivity contribution < 1.29 is 23.0 Å². The molecule has 0 bridgehead atoms. The molecule has 3 aliphatic rings. The molecule has 2 atom stereocenters. The number of aromatic nitrogens is 4. The molecule has 0 N–H and O–H groups in total. The Hall–Kier alpha value is -3.09. The predicted molar refractivity (Wildman–Crippen MR) is 168 cm³/mol. The van der Waals surface area contributed by atoms with Gasteiger partial charge in [0.15, 0.2) is 29.4 Å². The molecule has 3 aromatic heterocycles. The molecule has 0 saturated carbocycles. The lowest BCUT2D eigenvalue weighted by Crippen LogP contribution is -2.70. The largest absolute Gasteiger partial charge is 0.483 e. The minimum atomic E-state index is -0.682. The highest BCUT2D eigenvalue weighted by Gasteiger charge is 2.45. The van der Waals surface area contributed by atoms with E-state index in [0.717, 1.165) is 32.4 Å². The van der Waals surface area contributed by atoms with E-state index in [9.17, 15) is 0 Å². The highest BCUT2D eigenvalue weighted by molar-refractivity contribution is 6.35. The SMILES string of the molecule is C[C@@H](Oc1cc2c(-c3cnc(N4CC(C)(N5CCOCC5)C4)c(F)c3)nn(C3CCCCO3)c2cc1F)c1c(Cl)cncc1Cl. The molecular formula is C32H34Cl2F2N6O3. The maximum atomic E-state index is 15.7. The van der Waals surface area contributed by atoms with Crippen molar-refractivity contribution in [3.05, 3.63) is 64.0 Å². The minimum Gasteiger partial charge on any atom is -0.483 e. The van der Waals surface area contributed by atoms with Crippen LogP contribution in [0.3, 0.4) is 0 Å². The number of pyridine rings is 2. The van der Waals surface area contributed by atoms with Crippen LogP contribution in [-0.2, 0) is 9.47 Å². The van der Waals surface area contributed by atoms with Crippen molar-refractivity contribution in [2.45, 2.75) is 51.0 Å². The molecule has 3 fully saturated rings. The monoisotopic (exact) mass is 658 g/mol. The summed E-state index contributed by atoms with van der Waals surface area (Å²) in [5.41, 5.74) is 1.89. The van der Waals surface area contributed by atoms with Gasteiger partial charge >= 0.3 is 0 Å². The van der Waals surface area contributed by atoms with E-state index in [1.54, 1.807) is 23.9 Å². The summed E-state index contributed by atoms with van der Waals surface area (Å²) in [6, 6.07) is 4.41. The molecular weight excluding hydrogens is 625 g/mol. The Balaban J connectivity index is 1.22. The van der Waals surface area contributed by atoms with Crippen LogP contribution in [0.15, 0.2) is 36.8 Å². The molecule has 0 radical (unpaired) electrons. The first kappa shape index (κ1) is 30.6. The molecule has 238 valence electrons. The van der Waals surface area contributed by atoms with Gasteiger partial charge in [0.05, 0.1) is 34.3 Å². The van der Waals surface area contributed by atoms with E-state index in [1.807, 2.05) is 4.90 Å². The fraction of sp³-hybridized carbons (Fsp3) is 0.469. The number of morpholine rings is 1. The number of nitrogens with zero attached hydrogens (tertiary/aromatic N) is 6. The average molecular weight is 660 g/mol. The number of hydrogen-bond donors (Lipinski definition) is 0. The summed E-state index contributed by atoms with van der Waals surface area (Å²) in [6.45, 7) is 9.03. The smallest absolute Gasteiger partial charge is 0.167 e. The molecule has 1 aromatic carbocycles. The van der Waals surface area contributed by atoms with Crippen LogP contribution >= 0.6 is 23.2 Å². The minimum absolute atomic E-state index is 0.0164. The Labute approximate surface area is 270 Å². The molecule has 0 spiro atoms. The van der Waals surface area contributed by atoms with Crippen LogP contribution in [0.2, 0.25) is 10.0 Å². The second-order valence-corrected chi connectivity index (χ2v) is 13.0. The summed E-state index contributed by atoms with van der Waals surface area (Å²) in [7, 11) is 0. The van der Waals surface area contributed by atoms with E-state index >= 15 is 8.78 Å². The van der Waals surface area contributed by atoms with E-state index in [4.69, 9.17) is 42.5 Å². The number of benzene rings is 1. The second kappa shape index (κ2) is 12.3.